The van der Waals surface area contributed by atoms with Gasteiger partial charge in [-0.15, -0.1) is 0 Å². The molecule has 1 N–H and O–H groups in total. The Morgan fingerprint density at radius 2 is 2.22 bits per heavy atom. The zero-order valence-electron chi connectivity index (χ0n) is 11.2. The molecule has 2 unspecified atom stereocenters. The highest BCUT2D eigenvalue weighted by atomic mass is 19.1. The molecule has 0 aromatic heterocycles. The van der Waals surface area contributed by atoms with Crippen molar-refractivity contribution in [2.45, 2.75) is 38.6 Å². The molecule has 18 heavy (non-hydrogen) atoms. The van der Waals surface area contributed by atoms with E-state index in [0.717, 1.165) is 12.0 Å². The molecule has 2 nitrogen and oxygen atoms in total. The molecule has 1 aliphatic carbocycles. The van der Waals surface area contributed by atoms with E-state index in [1.165, 1.54) is 25.3 Å². The van der Waals surface area contributed by atoms with E-state index in [2.05, 4.69) is 5.32 Å². The molecule has 0 saturated heterocycles. The number of aryl methyl sites for hydroxylation is 1. The quantitative estimate of drug-likeness (QED) is 0.867. The summed E-state index contributed by atoms with van der Waals surface area (Å²) in [6.45, 7) is 2.55. The molecular formula is C15H22FNO. The lowest BCUT2D eigenvalue weighted by Gasteiger charge is -2.19. The van der Waals surface area contributed by atoms with Crippen LogP contribution < -0.4 is 10.1 Å². The Bertz CT molecular complexity index is 394. The van der Waals surface area contributed by atoms with Crippen molar-refractivity contribution in [2.75, 3.05) is 13.7 Å². The first kappa shape index (κ1) is 13.3. The van der Waals surface area contributed by atoms with Crippen molar-refractivity contribution in [1.29, 1.82) is 0 Å². The van der Waals surface area contributed by atoms with Gasteiger partial charge in [0, 0.05) is 6.04 Å². The van der Waals surface area contributed by atoms with E-state index in [-0.39, 0.29) is 5.82 Å². The van der Waals surface area contributed by atoms with Gasteiger partial charge >= 0.3 is 0 Å². The predicted octanol–water partition coefficient (Wildman–Crippen LogP) is 3.29. The Kier molecular flexibility index (Phi) is 4.59. The molecule has 2 atom stereocenters. The number of rotatable bonds is 5. The fraction of sp³-hybridized carbons (Fsp3) is 0.600. The molecule has 2 rings (SSSR count). The second kappa shape index (κ2) is 6.19. The molecule has 100 valence electrons. The summed E-state index contributed by atoms with van der Waals surface area (Å²) >= 11 is 0. The van der Waals surface area contributed by atoms with Gasteiger partial charge < -0.3 is 10.1 Å². The summed E-state index contributed by atoms with van der Waals surface area (Å²) < 4.78 is 19.0. The summed E-state index contributed by atoms with van der Waals surface area (Å²) in [5.41, 5.74) is 1.03. The monoisotopic (exact) mass is 251 g/mol. The smallest absolute Gasteiger partial charge is 0.165 e. The molecule has 0 heterocycles. The molecule has 0 spiro atoms. The first-order chi connectivity index (χ1) is 8.70. The van der Waals surface area contributed by atoms with Gasteiger partial charge in [0.05, 0.1) is 6.61 Å². The zero-order chi connectivity index (χ0) is 13.0. The lowest BCUT2D eigenvalue weighted by molar-refractivity contribution is 0.254. The molecule has 1 aliphatic rings. The van der Waals surface area contributed by atoms with E-state index < -0.39 is 0 Å². The van der Waals surface area contributed by atoms with Crippen LogP contribution >= 0.6 is 0 Å². The van der Waals surface area contributed by atoms with Gasteiger partial charge in [0.25, 0.3) is 0 Å². The number of nitrogens with one attached hydrogen (secondary N) is 1. The summed E-state index contributed by atoms with van der Waals surface area (Å²) in [4.78, 5) is 0. The van der Waals surface area contributed by atoms with Crippen LogP contribution in [0.4, 0.5) is 4.39 Å². The Labute approximate surface area is 109 Å². The van der Waals surface area contributed by atoms with E-state index >= 15 is 0 Å². The maximum absolute atomic E-state index is 13.5. The SMILES string of the molecule is CNC1CCCC1CCOc1cc(C)ccc1F. The van der Waals surface area contributed by atoms with Gasteiger partial charge in [-0.3, -0.25) is 0 Å². The van der Waals surface area contributed by atoms with Crippen molar-refractivity contribution >= 4 is 0 Å². The lowest BCUT2D eigenvalue weighted by atomic mass is 10.0. The first-order valence-electron chi connectivity index (χ1n) is 6.77. The van der Waals surface area contributed by atoms with Crippen LogP contribution in [0.1, 0.15) is 31.2 Å². The Hall–Kier alpha value is -1.09. The number of halogens is 1. The van der Waals surface area contributed by atoms with E-state index in [4.69, 9.17) is 4.74 Å². The van der Waals surface area contributed by atoms with Crippen molar-refractivity contribution in [3.05, 3.63) is 29.6 Å². The van der Waals surface area contributed by atoms with Gasteiger partial charge in [-0.1, -0.05) is 12.5 Å². The fourth-order valence-electron chi connectivity index (χ4n) is 2.80. The van der Waals surface area contributed by atoms with E-state index in [1.54, 1.807) is 12.1 Å². The van der Waals surface area contributed by atoms with E-state index in [0.29, 0.717) is 24.3 Å². The first-order valence-corrected chi connectivity index (χ1v) is 6.77. The van der Waals surface area contributed by atoms with Gasteiger partial charge in [0.2, 0.25) is 0 Å². The third-order valence-corrected chi connectivity index (χ3v) is 3.86. The van der Waals surface area contributed by atoms with Gasteiger partial charge in [-0.25, -0.2) is 4.39 Å². The minimum absolute atomic E-state index is 0.266. The van der Waals surface area contributed by atoms with Crippen molar-refractivity contribution in [1.82, 2.24) is 5.32 Å². The molecule has 0 bridgehead atoms. The van der Waals surface area contributed by atoms with Crippen LogP contribution in [0.5, 0.6) is 5.75 Å². The van der Waals surface area contributed by atoms with Crippen molar-refractivity contribution < 1.29 is 9.13 Å². The molecule has 1 aromatic rings. The van der Waals surface area contributed by atoms with Crippen LogP contribution in [0.3, 0.4) is 0 Å². The van der Waals surface area contributed by atoms with Crippen LogP contribution in [0.15, 0.2) is 18.2 Å². The van der Waals surface area contributed by atoms with Crippen LogP contribution in [0.2, 0.25) is 0 Å². The average molecular weight is 251 g/mol. The Morgan fingerprint density at radius 1 is 1.39 bits per heavy atom. The summed E-state index contributed by atoms with van der Waals surface area (Å²) in [5, 5.41) is 3.35. The number of ether oxygens (including phenoxy) is 1. The topological polar surface area (TPSA) is 21.3 Å². The Morgan fingerprint density at radius 3 is 3.00 bits per heavy atom. The molecule has 1 fully saturated rings. The maximum Gasteiger partial charge on any atom is 0.165 e. The number of hydrogen-bond acceptors (Lipinski definition) is 2. The largest absolute Gasteiger partial charge is 0.490 e. The highest BCUT2D eigenvalue weighted by Gasteiger charge is 2.25. The van der Waals surface area contributed by atoms with E-state index in [1.807, 2.05) is 14.0 Å². The molecule has 0 aliphatic heterocycles. The predicted molar refractivity (Wildman–Crippen MR) is 71.4 cm³/mol. The minimum atomic E-state index is -0.266. The van der Waals surface area contributed by atoms with Crippen molar-refractivity contribution in [3.63, 3.8) is 0 Å². The summed E-state index contributed by atoms with van der Waals surface area (Å²) in [5.74, 6) is 0.786. The number of benzene rings is 1. The molecule has 1 saturated carbocycles. The van der Waals surface area contributed by atoms with Gasteiger partial charge in [0.1, 0.15) is 0 Å². The molecule has 3 heteroatoms. The third-order valence-electron chi connectivity index (χ3n) is 3.86. The van der Waals surface area contributed by atoms with Crippen LogP contribution in [-0.4, -0.2) is 19.7 Å². The summed E-state index contributed by atoms with van der Waals surface area (Å²) in [6, 6.07) is 5.60. The molecule has 0 radical (unpaired) electrons. The maximum atomic E-state index is 13.5. The second-order valence-corrected chi connectivity index (χ2v) is 5.16. The highest BCUT2D eigenvalue weighted by molar-refractivity contribution is 5.29. The van der Waals surface area contributed by atoms with Gasteiger partial charge in [0.15, 0.2) is 11.6 Å². The number of hydrogen-bond donors (Lipinski definition) is 1. The standard InChI is InChI=1S/C15H22FNO/c1-11-6-7-13(16)15(10-11)18-9-8-12-4-3-5-14(12)17-2/h6-7,10,12,14,17H,3-5,8-9H2,1-2H3. The molecule has 1 aromatic carbocycles. The van der Waals surface area contributed by atoms with Gasteiger partial charge in [-0.2, -0.15) is 0 Å². The lowest BCUT2D eigenvalue weighted by Crippen LogP contribution is -2.29. The summed E-state index contributed by atoms with van der Waals surface area (Å²) in [7, 11) is 2.02. The van der Waals surface area contributed by atoms with Crippen molar-refractivity contribution in [3.8, 4) is 5.75 Å². The minimum Gasteiger partial charge on any atom is -0.490 e. The van der Waals surface area contributed by atoms with Crippen LogP contribution in [0.25, 0.3) is 0 Å². The zero-order valence-corrected chi connectivity index (χ0v) is 11.2. The molecule has 0 amide bonds. The summed E-state index contributed by atoms with van der Waals surface area (Å²) in [6.07, 6.45) is 4.79. The fourth-order valence-corrected chi connectivity index (χ4v) is 2.80. The van der Waals surface area contributed by atoms with Gasteiger partial charge in [-0.05, 0) is 56.8 Å². The Balaban J connectivity index is 1.83. The normalized spacial score (nSPS) is 23.3. The molecular weight excluding hydrogens is 229 g/mol. The van der Waals surface area contributed by atoms with Crippen LogP contribution in [0, 0.1) is 18.7 Å². The highest BCUT2D eigenvalue weighted by Crippen LogP contribution is 2.28. The van der Waals surface area contributed by atoms with Crippen LogP contribution in [-0.2, 0) is 0 Å². The average Bonchev–Trinajstić information content (AvgIpc) is 2.81. The van der Waals surface area contributed by atoms with E-state index in [9.17, 15) is 4.39 Å². The third kappa shape index (κ3) is 3.22. The van der Waals surface area contributed by atoms with Crippen molar-refractivity contribution in [2.24, 2.45) is 5.92 Å². The second-order valence-electron chi connectivity index (χ2n) is 5.16.